The van der Waals surface area contributed by atoms with E-state index in [0.717, 1.165) is 10.4 Å². The zero-order valence-electron chi connectivity index (χ0n) is 14.2. The van der Waals surface area contributed by atoms with E-state index in [2.05, 4.69) is 22.8 Å². The Morgan fingerprint density at radius 1 is 1.04 bits per heavy atom. The average Bonchev–Trinajstić information content (AvgIpc) is 3.15. The molecule has 5 heteroatoms. The molecule has 0 spiro atoms. The number of benzene rings is 2. The van der Waals surface area contributed by atoms with E-state index in [1.165, 1.54) is 5.56 Å². The molecule has 2 amide bonds. The van der Waals surface area contributed by atoms with Crippen molar-refractivity contribution in [2.75, 3.05) is 12.4 Å². The number of urea groups is 1. The van der Waals surface area contributed by atoms with Gasteiger partial charge in [-0.1, -0.05) is 48.0 Å². The zero-order chi connectivity index (χ0) is 17.6. The number of nitrogens with one attached hydrogen (secondary N) is 2. The van der Waals surface area contributed by atoms with Crippen molar-refractivity contribution in [2.45, 2.75) is 13.0 Å². The van der Waals surface area contributed by atoms with E-state index in [9.17, 15) is 4.79 Å². The number of amides is 2. The van der Waals surface area contributed by atoms with Gasteiger partial charge in [0.05, 0.1) is 18.8 Å². The topological polar surface area (TPSA) is 50.4 Å². The van der Waals surface area contributed by atoms with Crippen molar-refractivity contribution in [3.05, 3.63) is 82.0 Å². The van der Waals surface area contributed by atoms with E-state index in [1.807, 2.05) is 60.8 Å². The molecule has 0 aliphatic rings. The molecule has 0 saturated heterocycles. The summed E-state index contributed by atoms with van der Waals surface area (Å²) in [6.07, 6.45) is 0. The molecule has 0 aliphatic carbocycles. The predicted molar refractivity (Wildman–Crippen MR) is 102 cm³/mol. The monoisotopic (exact) mass is 352 g/mol. The van der Waals surface area contributed by atoms with Gasteiger partial charge in [-0.2, -0.15) is 0 Å². The number of methoxy groups -OCH3 is 1. The molecule has 0 fully saturated rings. The van der Waals surface area contributed by atoms with Gasteiger partial charge in [0.1, 0.15) is 5.75 Å². The first-order chi connectivity index (χ1) is 12.2. The smallest absolute Gasteiger partial charge is 0.320 e. The summed E-state index contributed by atoms with van der Waals surface area (Å²) >= 11 is 1.62. The van der Waals surface area contributed by atoms with E-state index in [-0.39, 0.29) is 12.1 Å². The molecule has 0 aliphatic heterocycles. The number of thiophene rings is 1. The standard InChI is InChI=1S/C20H20N2O2S/c1-14-9-11-15(12-10-14)19(18-8-5-13-25-18)22-20(23)21-16-6-3-4-7-17(16)24-2/h3-13,19H,1-2H3,(H2,21,22,23)/t19-/m0/s1. The third-order valence-corrected chi connectivity index (χ3v) is 4.81. The SMILES string of the molecule is COc1ccccc1NC(=O)N[C@@H](c1ccc(C)cc1)c1cccs1. The van der Waals surface area contributed by atoms with E-state index in [1.54, 1.807) is 18.4 Å². The van der Waals surface area contributed by atoms with Crippen molar-refractivity contribution in [1.82, 2.24) is 5.32 Å². The molecule has 0 radical (unpaired) electrons. The fourth-order valence-corrected chi connectivity index (χ4v) is 3.37. The molecular weight excluding hydrogens is 332 g/mol. The minimum atomic E-state index is -0.275. The largest absolute Gasteiger partial charge is 0.495 e. The fraction of sp³-hybridized carbons (Fsp3) is 0.150. The van der Waals surface area contributed by atoms with Gasteiger partial charge in [0.15, 0.2) is 0 Å². The highest BCUT2D eigenvalue weighted by molar-refractivity contribution is 7.10. The Balaban J connectivity index is 1.80. The van der Waals surface area contributed by atoms with Crippen molar-refractivity contribution in [3.8, 4) is 5.75 Å². The summed E-state index contributed by atoms with van der Waals surface area (Å²) in [6.45, 7) is 2.05. The highest BCUT2D eigenvalue weighted by atomic mass is 32.1. The van der Waals surface area contributed by atoms with Gasteiger partial charge in [-0.05, 0) is 36.1 Å². The third-order valence-electron chi connectivity index (χ3n) is 3.87. The maximum Gasteiger partial charge on any atom is 0.320 e. The van der Waals surface area contributed by atoms with Crippen molar-refractivity contribution in [2.24, 2.45) is 0 Å². The summed E-state index contributed by atoms with van der Waals surface area (Å²) in [6, 6.07) is 19.1. The van der Waals surface area contributed by atoms with Crippen LogP contribution in [0.3, 0.4) is 0 Å². The molecule has 1 aromatic heterocycles. The number of hydrogen-bond acceptors (Lipinski definition) is 3. The van der Waals surface area contributed by atoms with Gasteiger partial charge in [0.2, 0.25) is 0 Å². The number of carbonyl (C=O) groups is 1. The van der Waals surface area contributed by atoms with Crippen LogP contribution in [0, 0.1) is 6.92 Å². The lowest BCUT2D eigenvalue weighted by Crippen LogP contribution is -2.33. The van der Waals surface area contributed by atoms with Crippen LogP contribution in [0.4, 0.5) is 10.5 Å². The van der Waals surface area contributed by atoms with E-state index < -0.39 is 0 Å². The van der Waals surface area contributed by atoms with Crippen LogP contribution in [0.15, 0.2) is 66.0 Å². The van der Waals surface area contributed by atoms with Gasteiger partial charge in [-0.15, -0.1) is 11.3 Å². The second-order valence-electron chi connectivity index (χ2n) is 5.66. The summed E-state index contributed by atoms with van der Waals surface area (Å²) in [5, 5.41) is 7.93. The number of anilines is 1. The Morgan fingerprint density at radius 2 is 1.80 bits per heavy atom. The molecule has 1 atom stereocenters. The summed E-state index contributed by atoms with van der Waals surface area (Å²) in [5.74, 6) is 0.626. The van der Waals surface area contributed by atoms with Crippen molar-refractivity contribution >= 4 is 23.1 Å². The molecule has 25 heavy (non-hydrogen) atoms. The number of para-hydroxylation sites is 2. The molecule has 0 bridgehead atoms. The van der Waals surface area contributed by atoms with E-state index in [4.69, 9.17) is 4.74 Å². The number of rotatable bonds is 5. The van der Waals surface area contributed by atoms with Crippen LogP contribution in [-0.4, -0.2) is 13.1 Å². The molecule has 0 saturated carbocycles. The maximum absolute atomic E-state index is 12.6. The number of ether oxygens (including phenoxy) is 1. The normalized spacial score (nSPS) is 11.6. The number of aryl methyl sites for hydroxylation is 1. The van der Waals surface area contributed by atoms with Crippen LogP contribution in [0.25, 0.3) is 0 Å². The van der Waals surface area contributed by atoms with Crippen molar-refractivity contribution in [3.63, 3.8) is 0 Å². The van der Waals surface area contributed by atoms with Gasteiger partial charge >= 0.3 is 6.03 Å². The molecule has 4 nitrogen and oxygen atoms in total. The summed E-state index contributed by atoms with van der Waals surface area (Å²) in [4.78, 5) is 13.6. The molecule has 0 unspecified atom stereocenters. The lowest BCUT2D eigenvalue weighted by Gasteiger charge is -2.19. The van der Waals surface area contributed by atoms with Crippen LogP contribution >= 0.6 is 11.3 Å². The van der Waals surface area contributed by atoms with Crippen molar-refractivity contribution in [1.29, 1.82) is 0 Å². The average molecular weight is 352 g/mol. The summed E-state index contributed by atoms with van der Waals surface area (Å²) < 4.78 is 5.28. The zero-order valence-corrected chi connectivity index (χ0v) is 15.0. The van der Waals surface area contributed by atoms with E-state index >= 15 is 0 Å². The Morgan fingerprint density at radius 3 is 2.48 bits per heavy atom. The minimum Gasteiger partial charge on any atom is -0.495 e. The first-order valence-electron chi connectivity index (χ1n) is 7.98. The van der Waals surface area contributed by atoms with Crippen LogP contribution < -0.4 is 15.4 Å². The van der Waals surface area contributed by atoms with Crippen LogP contribution in [0.2, 0.25) is 0 Å². The van der Waals surface area contributed by atoms with Gasteiger partial charge in [0.25, 0.3) is 0 Å². The fourth-order valence-electron chi connectivity index (χ4n) is 2.57. The Bertz CT molecular complexity index is 829. The van der Waals surface area contributed by atoms with Crippen molar-refractivity contribution < 1.29 is 9.53 Å². The Kier molecular flexibility index (Phi) is 5.36. The molecule has 2 N–H and O–H groups in total. The quantitative estimate of drug-likeness (QED) is 0.681. The Labute approximate surface area is 151 Å². The lowest BCUT2D eigenvalue weighted by atomic mass is 10.0. The first kappa shape index (κ1) is 17.0. The molecule has 128 valence electrons. The van der Waals surface area contributed by atoms with Gasteiger partial charge in [0, 0.05) is 4.88 Å². The molecule has 3 rings (SSSR count). The Hall–Kier alpha value is -2.79. The molecule has 1 heterocycles. The number of hydrogen-bond donors (Lipinski definition) is 2. The summed E-state index contributed by atoms with van der Waals surface area (Å²) in [5.41, 5.74) is 2.87. The third kappa shape index (κ3) is 4.19. The molecule has 3 aromatic rings. The second-order valence-corrected chi connectivity index (χ2v) is 6.64. The molecule has 2 aromatic carbocycles. The highest BCUT2D eigenvalue weighted by Gasteiger charge is 2.18. The van der Waals surface area contributed by atoms with Crippen LogP contribution in [-0.2, 0) is 0 Å². The van der Waals surface area contributed by atoms with Gasteiger partial charge < -0.3 is 15.4 Å². The molecular formula is C20H20N2O2S. The highest BCUT2D eigenvalue weighted by Crippen LogP contribution is 2.27. The van der Waals surface area contributed by atoms with Gasteiger partial charge in [-0.25, -0.2) is 4.79 Å². The minimum absolute atomic E-state index is 0.199. The van der Waals surface area contributed by atoms with E-state index in [0.29, 0.717) is 11.4 Å². The first-order valence-corrected chi connectivity index (χ1v) is 8.86. The van der Waals surface area contributed by atoms with Gasteiger partial charge in [-0.3, -0.25) is 0 Å². The second kappa shape index (κ2) is 7.85. The summed E-state index contributed by atoms with van der Waals surface area (Å²) in [7, 11) is 1.58. The van der Waals surface area contributed by atoms with Crippen LogP contribution in [0.1, 0.15) is 22.0 Å². The predicted octanol–water partition coefficient (Wildman–Crippen LogP) is 4.98. The maximum atomic E-state index is 12.6. The lowest BCUT2D eigenvalue weighted by molar-refractivity contribution is 0.250. The number of carbonyl (C=O) groups excluding carboxylic acids is 1. The van der Waals surface area contributed by atoms with Crippen LogP contribution in [0.5, 0.6) is 5.75 Å².